The van der Waals surface area contributed by atoms with Crippen LogP contribution >= 0.6 is 11.6 Å². The average Bonchev–Trinajstić information content (AvgIpc) is 3.22. The normalized spacial score (nSPS) is 13.2. The van der Waals surface area contributed by atoms with Crippen molar-refractivity contribution in [1.29, 1.82) is 0 Å². The molecular formula is C25H32ClN5O4. The third kappa shape index (κ3) is 6.43. The lowest BCUT2D eigenvalue weighted by molar-refractivity contribution is -0.154. The highest BCUT2D eigenvalue weighted by molar-refractivity contribution is 6.30. The average molecular weight is 502 g/mol. The van der Waals surface area contributed by atoms with Crippen molar-refractivity contribution in [3.63, 3.8) is 0 Å². The largest absolute Gasteiger partial charge is 0.462 e. The number of hydrogen-bond acceptors (Lipinski definition) is 6. The summed E-state index contributed by atoms with van der Waals surface area (Å²) >= 11 is 6.26. The van der Waals surface area contributed by atoms with Gasteiger partial charge < -0.3 is 20.4 Å². The number of urea groups is 1. The molecule has 0 aliphatic carbocycles. The molecule has 1 atom stereocenters. The fourth-order valence-corrected chi connectivity index (χ4v) is 3.56. The number of hydroxylamine groups is 2. The smallest absolute Gasteiger partial charge is 0.341 e. The lowest BCUT2D eigenvalue weighted by atomic mass is 9.92. The minimum absolute atomic E-state index is 0.0623. The first-order valence-electron chi connectivity index (χ1n) is 11.2. The number of carbonyl (C=O) groups is 2. The first-order valence-corrected chi connectivity index (χ1v) is 11.6. The van der Waals surface area contributed by atoms with Gasteiger partial charge in [0.25, 0.3) is 0 Å². The number of benzene rings is 2. The van der Waals surface area contributed by atoms with E-state index in [1.807, 2.05) is 64.1 Å². The second kappa shape index (κ2) is 10.5. The fraction of sp³-hybridized carbons (Fsp3) is 0.400. The van der Waals surface area contributed by atoms with Gasteiger partial charge in [-0.25, -0.2) is 14.8 Å². The van der Waals surface area contributed by atoms with Crippen molar-refractivity contribution in [2.24, 2.45) is 5.41 Å². The van der Waals surface area contributed by atoms with Crippen LogP contribution in [-0.4, -0.2) is 47.8 Å². The van der Waals surface area contributed by atoms with Crippen molar-refractivity contribution in [2.45, 2.75) is 39.8 Å². The third-order valence-corrected chi connectivity index (χ3v) is 5.78. The number of halogens is 1. The van der Waals surface area contributed by atoms with Crippen LogP contribution in [0.2, 0.25) is 5.02 Å². The lowest BCUT2D eigenvalue weighted by Crippen LogP contribution is -2.39. The van der Waals surface area contributed by atoms with E-state index in [9.17, 15) is 9.59 Å². The monoisotopic (exact) mass is 501 g/mol. The van der Waals surface area contributed by atoms with Crippen LogP contribution in [0, 0.1) is 5.41 Å². The predicted octanol–water partition coefficient (Wildman–Crippen LogP) is 4.84. The Morgan fingerprint density at radius 3 is 2.51 bits per heavy atom. The number of para-hydroxylation sites is 1. The highest BCUT2D eigenvalue weighted by Gasteiger charge is 2.32. The fourth-order valence-electron chi connectivity index (χ4n) is 3.37. The van der Waals surface area contributed by atoms with E-state index in [2.05, 4.69) is 15.6 Å². The number of aromatic amines is 1. The van der Waals surface area contributed by atoms with Crippen LogP contribution in [-0.2, 0) is 26.5 Å². The number of nitrogens with zero attached hydrogens (tertiary/aromatic N) is 2. The molecule has 35 heavy (non-hydrogen) atoms. The summed E-state index contributed by atoms with van der Waals surface area (Å²) < 4.78 is 5.68. The van der Waals surface area contributed by atoms with Gasteiger partial charge in [-0.15, -0.1) is 0 Å². The summed E-state index contributed by atoms with van der Waals surface area (Å²) in [4.78, 5) is 37.5. The number of aromatic nitrogens is 2. The zero-order chi connectivity index (χ0) is 25.8. The Hall–Kier alpha value is -3.30. The van der Waals surface area contributed by atoms with E-state index in [1.165, 1.54) is 14.2 Å². The second-order valence-electron chi connectivity index (χ2n) is 9.53. The number of anilines is 1. The zero-order valence-corrected chi connectivity index (χ0v) is 21.6. The van der Waals surface area contributed by atoms with Crippen molar-refractivity contribution in [1.82, 2.24) is 20.3 Å². The summed E-state index contributed by atoms with van der Waals surface area (Å²) in [5, 5.41) is 7.87. The molecule has 2 aromatic carbocycles. The summed E-state index contributed by atoms with van der Waals surface area (Å²) in [7, 11) is 2.94. The first-order chi connectivity index (χ1) is 16.4. The summed E-state index contributed by atoms with van der Waals surface area (Å²) in [6.45, 7) is 7.68. The number of imidazole rings is 1. The number of H-pyrrole nitrogens is 1. The molecule has 0 spiro atoms. The summed E-state index contributed by atoms with van der Waals surface area (Å²) in [5.41, 5.74) is 1.70. The SMILES string of the molecule is CON(C)C(=O)NCc1cccc2[nH]c(NC(C)(COC(=O)C(C)(C)C)c3cccc(Cl)c3)nc12. The van der Waals surface area contributed by atoms with Gasteiger partial charge in [0.05, 0.1) is 29.1 Å². The number of carbonyl (C=O) groups excluding carboxylic acids is 2. The molecule has 3 rings (SSSR count). The zero-order valence-electron chi connectivity index (χ0n) is 20.9. The summed E-state index contributed by atoms with van der Waals surface area (Å²) in [5.74, 6) is 0.179. The van der Waals surface area contributed by atoms with Gasteiger partial charge in [0.2, 0.25) is 5.95 Å². The molecule has 3 N–H and O–H groups in total. The molecule has 9 nitrogen and oxygen atoms in total. The second-order valence-corrected chi connectivity index (χ2v) is 9.97. The van der Waals surface area contributed by atoms with Crippen molar-refractivity contribution in [2.75, 3.05) is 26.1 Å². The number of esters is 1. The number of fused-ring (bicyclic) bond motifs is 1. The minimum atomic E-state index is -0.824. The minimum Gasteiger partial charge on any atom is -0.462 e. The van der Waals surface area contributed by atoms with Gasteiger partial charge in [-0.2, -0.15) is 0 Å². The molecule has 1 heterocycles. The molecule has 3 aromatic rings. The molecule has 0 fully saturated rings. The van der Waals surface area contributed by atoms with E-state index < -0.39 is 11.0 Å². The molecule has 1 aromatic heterocycles. The van der Waals surface area contributed by atoms with E-state index in [0.717, 1.165) is 21.7 Å². The predicted molar refractivity (Wildman–Crippen MR) is 136 cm³/mol. The quantitative estimate of drug-likeness (QED) is 0.301. The molecule has 0 aliphatic heterocycles. The first kappa shape index (κ1) is 26.3. The maximum Gasteiger partial charge on any atom is 0.341 e. The van der Waals surface area contributed by atoms with Crippen LogP contribution in [0.1, 0.15) is 38.8 Å². The molecule has 1 unspecified atom stereocenters. The van der Waals surface area contributed by atoms with E-state index >= 15 is 0 Å². The molecule has 0 aliphatic rings. The highest BCUT2D eigenvalue weighted by Crippen LogP contribution is 2.30. The van der Waals surface area contributed by atoms with Gasteiger partial charge in [-0.1, -0.05) is 35.9 Å². The topological polar surface area (TPSA) is 109 Å². The number of nitrogens with one attached hydrogen (secondary N) is 3. The van der Waals surface area contributed by atoms with Gasteiger partial charge >= 0.3 is 12.0 Å². The van der Waals surface area contributed by atoms with Crippen LogP contribution in [0.15, 0.2) is 42.5 Å². The van der Waals surface area contributed by atoms with Crippen LogP contribution in [0.25, 0.3) is 11.0 Å². The molecule has 0 saturated carbocycles. The Balaban J connectivity index is 1.89. The Kier molecular flexibility index (Phi) is 7.92. The number of rotatable bonds is 8. The van der Waals surface area contributed by atoms with Crippen LogP contribution < -0.4 is 10.6 Å². The molecule has 2 amide bonds. The maximum atomic E-state index is 12.5. The van der Waals surface area contributed by atoms with E-state index in [4.69, 9.17) is 26.2 Å². The van der Waals surface area contributed by atoms with Crippen molar-refractivity contribution in [3.05, 3.63) is 58.6 Å². The van der Waals surface area contributed by atoms with E-state index in [1.54, 1.807) is 6.07 Å². The Morgan fingerprint density at radius 1 is 1.14 bits per heavy atom. The molecular weight excluding hydrogens is 470 g/mol. The van der Waals surface area contributed by atoms with E-state index in [0.29, 0.717) is 16.5 Å². The number of amides is 2. The third-order valence-electron chi connectivity index (χ3n) is 5.55. The van der Waals surface area contributed by atoms with Crippen molar-refractivity contribution in [3.8, 4) is 0 Å². The van der Waals surface area contributed by atoms with Gasteiger partial charge in [-0.05, 0) is 57.0 Å². The number of hydrogen-bond donors (Lipinski definition) is 3. The van der Waals surface area contributed by atoms with Gasteiger partial charge in [0, 0.05) is 18.6 Å². The highest BCUT2D eigenvalue weighted by atomic mass is 35.5. The van der Waals surface area contributed by atoms with Crippen LogP contribution in [0.3, 0.4) is 0 Å². The van der Waals surface area contributed by atoms with Crippen molar-refractivity contribution < 1.29 is 19.2 Å². The molecule has 0 bridgehead atoms. The molecule has 0 radical (unpaired) electrons. The summed E-state index contributed by atoms with van der Waals surface area (Å²) in [6, 6.07) is 12.7. The van der Waals surface area contributed by atoms with Crippen molar-refractivity contribution >= 4 is 40.6 Å². The van der Waals surface area contributed by atoms with Gasteiger partial charge in [0.1, 0.15) is 6.61 Å². The Morgan fingerprint density at radius 2 is 1.86 bits per heavy atom. The Labute approximate surface area is 210 Å². The van der Waals surface area contributed by atoms with Gasteiger partial charge in [-0.3, -0.25) is 9.63 Å². The maximum absolute atomic E-state index is 12.5. The lowest BCUT2D eigenvalue weighted by Gasteiger charge is -2.32. The molecule has 188 valence electrons. The summed E-state index contributed by atoms with van der Waals surface area (Å²) in [6.07, 6.45) is 0. The molecule has 10 heteroatoms. The Bertz CT molecular complexity index is 1210. The van der Waals surface area contributed by atoms with E-state index in [-0.39, 0.29) is 25.2 Å². The van der Waals surface area contributed by atoms with Crippen LogP contribution in [0.4, 0.5) is 10.7 Å². The van der Waals surface area contributed by atoms with Gasteiger partial charge in [0.15, 0.2) is 0 Å². The van der Waals surface area contributed by atoms with Crippen LogP contribution in [0.5, 0.6) is 0 Å². The standard InChI is InChI=1S/C25H32ClN5O4/c1-24(2,3)21(32)35-15-25(4,17-10-8-11-18(26)13-17)30-22-28-19-12-7-9-16(20(19)29-22)14-27-23(33)31(5)34-6/h7-13H,14-15H2,1-6H3,(H,27,33)(H2,28,29,30). The number of ether oxygens (including phenoxy) is 1. The molecule has 0 saturated heterocycles.